The molecule has 3 heteroatoms. The van der Waals surface area contributed by atoms with Gasteiger partial charge < -0.3 is 4.74 Å². The summed E-state index contributed by atoms with van der Waals surface area (Å²) in [6, 6.07) is 7.50. The summed E-state index contributed by atoms with van der Waals surface area (Å²) >= 11 is 0. The van der Waals surface area contributed by atoms with Gasteiger partial charge in [0.25, 0.3) is 0 Å². The van der Waals surface area contributed by atoms with E-state index in [1.54, 1.807) is 0 Å². The molecule has 1 aromatic carbocycles. The molecule has 0 bridgehead atoms. The van der Waals surface area contributed by atoms with E-state index in [-0.39, 0.29) is 53.8 Å². The quantitative estimate of drug-likeness (QED) is 0.665. The van der Waals surface area contributed by atoms with E-state index in [9.17, 15) is 0 Å². The van der Waals surface area contributed by atoms with Crippen molar-refractivity contribution in [3.05, 3.63) is 43.9 Å². The summed E-state index contributed by atoms with van der Waals surface area (Å²) in [5.74, 6) is 0.734. The second-order valence-corrected chi connectivity index (χ2v) is 1.75. The van der Waals surface area contributed by atoms with Crippen LogP contribution in [0.1, 0.15) is 5.56 Å². The molecule has 0 saturated carbocycles. The van der Waals surface area contributed by atoms with Crippen molar-refractivity contribution in [2.45, 2.75) is 0 Å². The van der Waals surface area contributed by atoms with Crippen molar-refractivity contribution in [3.63, 3.8) is 0 Å². The minimum absolute atomic E-state index is 0. The fraction of sp³-hybridized carbons (Fsp3) is 0. The van der Waals surface area contributed by atoms with Crippen LogP contribution in [0.25, 0.3) is 0 Å². The summed E-state index contributed by atoms with van der Waals surface area (Å²) < 4.78 is 4.73. The van der Waals surface area contributed by atoms with Crippen LogP contribution in [0.15, 0.2) is 24.3 Å². The molecule has 0 amide bonds. The third-order valence-corrected chi connectivity index (χ3v) is 1.13. The Balaban J connectivity index is 0. The molecule has 0 spiro atoms. The molecule has 0 aliphatic rings. The summed E-state index contributed by atoms with van der Waals surface area (Å²) in [6.07, 6.45) is 0. The Morgan fingerprint density at radius 3 is 2.09 bits per heavy atom. The molecule has 0 unspecified atom stereocenters. The number of hydrogen-bond donors (Lipinski definition) is 0. The van der Waals surface area contributed by atoms with Crippen LogP contribution < -0.4 is 4.74 Å². The molecule has 0 aliphatic carbocycles. The Bertz CT molecular complexity index is 203. The number of para-hydroxylation sites is 1. The topological polar surface area (TPSA) is 9.23 Å². The van der Waals surface area contributed by atoms with E-state index < -0.39 is 0 Å². The average molecular weight is 393 g/mol. The molecule has 0 aromatic heterocycles. The monoisotopic (exact) mass is 393 g/mol. The van der Waals surface area contributed by atoms with E-state index in [0.29, 0.717) is 0 Å². The van der Waals surface area contributed by atoms with Crippen LogP contribution in [0.2, 0.25) is 0 Å². The zero-order chi connectivity index (χ0) is 6.69. The molecule has 1 radical (unpaired) electrons. The smallest absolute Gasteiger partial charge is 0 e. The van der Waals surface area contributed by atoms with Gasteiger partial charge in [0.05, 0.1) is 0 Å². The third-order valence-electron chi connectivity index (χ3n) is 1.13. The molecule has 57 valence electrons. The summed E-state index contributed by atoms with van der Waals surface area (Å²) in [5, 5.41) is 0. The Morgan fingerprint density at radius 2 is 1.73 bits per heavy atom. The first-order chi connectivity index (χ1) is 4.34. The van der Waals surface area contributed by atoms with Gasteiger partial charge in [0.1, 0.15) is 0 Å². The SMILES string of the molecule is [CH2-]Oc1ccccc1[CH2-].[W].[Y]. The molecular weight excluding hydrogens is 385 g/mol. The van der Waals surface area contributed by atoms with Crippen LogP contribution in [-0.4, -0.2) is 0 Å². The van der Waals surface area contributed by atoms with E-state index in [2.05, 4.69) is 14.0 Å². The van der Waals surface area contributed by atoms with Crippen molar-refractivity contribution in [2.24, 2.45) is 0 Å². The Hall–Kier alpha value is 0.682. The molecule has 1 aromatic rings. The number of hydrogen-bond acceptors (Lipinski definition) is 1. The molecule has 0 atom stereocenters. The number of benzene rings is 1. The van der Waals surface area contributed by atoms with Crippen LogP contribution >= 0.6 is 0 Å². The van der Waals surface area contributed by atoms with Gasteiger partial charge in [0.2, 0.25) is 0 Å². The minimum Gasteiger partial charge on any atom is -0.721 e. The normalized spacial score (nSPS) is 7.36. The van der Waals surface area contributed by atoms with E-state index in [0.717, 1.165) is 11.3 Å². The first kappa shape index (κ1) is 14.2. The predicted molar refractivity (Wildman–Crippen MR) is 36.9 cm³/mol. The third kappa shape index (κ3) is 4.30. The van der Waals surface area contributed by atoms with Gasteiger partial charge in [-0.25, -0.2) is 0 Å². The van der Waals surface area contributed by atoms with Gasteiger partial charge in [-0.05, 0) is 5.75 Å². The molecule has 1 rings (SSSR count). The van der Waals surface area contributed by atoms with Crippen molar-refractivity contribution in [2.75, 3.05) is 0 Å². The van der Waals surface area contributed by atoms with Crippen LogP contribution in [0.3, 0.4) is 0 Å². The standard InChI is InChI=1S/C8H8O.W.Y/c1-7-5-3-4-6-8(7)9-2;;/h3-6H,1-2H2;;/q-2;;. The van der Waals surface area contributed by atoms with Crippen LogP contribution in [0.5, 0.6) is 5.75 Å². The minimum atomic E-state index is 0. The van der Waals surface area contributed by atoms with E-state index in [1.165, 1.54) is 0 Å². The number of ether oxygens (including phenoxy) is 1. The maximum Gasteiger partial charge on any atom is 0 e. The van der Waals surface area contributed by atoms with E-state index in [1.807, 2.05) is 24.3 Å². The van der Waals surface area contributed by atoms with Crippen LogP contribution in [-0.2, 0) is 53.8 Å². The molecular formula is C8H8OWY-2. The van der Waals surface area contributed by atoms with E-state index in [4.69, 9.17) is 4.74 Å². The summed E-state index contributed by atoms with van der Waals surface area (Å²) in [5.41, 5.74) is 0.868. The summed E-state index contributed by atoms with van der Waals surface area (Å²) in [7, 11) is 3.28. The molecule has 0 heterocycles. The Morgan fingerprint density at radius 1 is 1.18 bits per heavy atom. The van der Waals surface area contributed by atoms with Crippen molar-refractivity contribution in [1.82, 2.24) is 0 Å². The van der Waals surface area contributed by atoms with Crippen molar-refractivity contribution >= 4 is 0 Å². The maximum atomic E-state index is 4.73. The second-order valence-electron chi connectivity index (χ2n) is 1.75. The van der Waals surface area contributed by atoms with Crippen molar-refractivity contribution in [1.29, 1.82) is 0 Å². The molecule has 0 aliphatic heterocycles. The van der Waals surface area contributed by atoms with Gasteiger partial charge in [-0.15, -0.1) is 6.07 Å². The molecule has 0 fully saturated rings. The maximum absolute atomic E-state index is 4.73. The molecule has 1 nitrogen and oxygen atoms in total. The van der Waals surface area contributed by atoms with Crippen molar-refractivity contribution < 1.29 is 58.5 Å². The van der Waals surface area contributed by atoms with Gasteiger partial charge in [0.15, 0.2) is 0 Å². The predicted octanol–water partition coefficient (Wildman–Crippen LogP) is 2.03. The summed E-state index contributed by atoms with van der Waals surface area (Å²) in [6.45, 7) is 3.73. The first-order valence-electron chi connectivity index (χ1n) is 2.67. The van der Waals surface area contributed by atoms with Crippen LogP contribution in [0, 0.1) is 14.0 Å². The first-order valence-corrected chi connectivity index (χ1v) is 2.67. The Labute approximate surface area is 107 Å². The van der Waals surface area contributed by atoms with E-state index >= 15 is 0 Å². The fourth-order valence-corrected chi connectivity index (χ4v) is 0.645. The summed E-state index contributed by atoms with van der Waals surface area (Å²) in [4.78, 5) is 0. The van der Waals surface area contributed by atoms with Gasteiger partial charge in [-0.2, -0.15) is 25.7 Å². The largest absolute Gasteiger partial charge is 0.721 e. The second kappa shape index (κ2) is 7.34. The molecule has 0 saturated heterocycles. The molecule has 0 N–H and O–H groups in total. The van der Waals surface area contributed by atoms with Gasteiger partial charge in [-0.1, -0.05) is 12.1 Å². The number of rotatable bonds is 1. The van der Waals surface area contributed by atoms with Crippen molar-refractivity contribution in [3.8, 4) is 5.75 Å². The zero-order valence-corrected chi connectivity index (χ0v) is 11.9. The van der Waals surface area contributed by atoms with Gasteiger partial charge in [-0.3, -0.25) is 0 Å². The average Bonchev–Trinajstić information content (AvgIpc) is 1.89. The zero-order valence-electron chi connectivity index (χ0n) is 6.12. The fourth-order valence-electron chi connectivity index (χ4n) is 0.645. The van der Waals surface area contributed by atoms with Gasteiger partial charge >= 0.3 is 0 Å². The molecule has 11 heavy (non-hydrogen) atoms. The van der Waals surface area contributed by atoms with Gasteiger partial charge in [0, 0.05) is 53.8 Å². The Kier molecular flexibility index (Phi) is 9.49. The van der Waals surface area contributed by atoms with Crippen LogP contribution in [0.4, 0.5) is 0 Å².